The molecule has 0 aliphatic heterocycles. The molecule has 34 heavy (non-hydrogen) atoms. The number of benzene rings is 2. The lowest BCUT2D eigenvalue weighted by molar-refractivity contribution is -0.113. The number of aryl methyl sites for hydroxylation is 1. The van der Waals surface area contributed by atoms with Crippen LogP contribution in [0, 0.1) is 17.1 Å². The van der Waals surface area contributed by atoms with E-state index in [4.69, 9.17) is 0 Å². The number of nitrogens with one attached hydrogen (secondary N) is 1. The van der Waals surface area contributed by atoms with Crippen LogP contribution >= 0.6 is 23.1 Å². The monoisotopic (exact) mass is 489 g/mol. The molecule has 2 aromatic carbocycles. The highest BCUT2D eigenvalue weighted by molar-refractivity contribution is 7.99. The molecular formula is C25H20FN5OS2. The average molecular weight is 490 g/mol. The largest absolute Gasteiger partial charge is 0.316 e. The van der Waals surface area contributed by atoms with Crippen molar-refractivity contribution in [3.8, 4) is 23.1 Å². The Morgan fingerprint density at radius 1 is 1.12 bits per heavy atom. The smallest absolute Gasteiger partial charge is 0.235 e. The Hall–Kier alpha value is -3.48. The van der Waals surface area contributed by atoms with Crippen molar-refractivity contribution in [3.63, 3.8) is 0 Å². The summed E-state index contributed by atoms with van der Waals surface area (Å²) >= 11 is 2.75. The fraction of sp³-hybridized carbons (Fsp3) is 0.200. The lowest BCUT2D eigenvalue weighted by Gasteiger charge is -2.10. The van der Waals surface area contributed by atoms with E-state index in [0.717, 1.165) is 36.8 Å². The van der Waals surface area contributed by atoms with Crippen molar-refractivity contribution in [2.45, 2.75) is 30.8 Å². The Kier molecular flexibility index (Phi) is 6.43. The van der Waals surface area contributed by atoms with E-state index < -0.39 is 0 Å². The summed E-state index contributed by atoms with van der Waals surface area (Å²) in [5.74, 6) is 0.156. The molecule has 4 aromatic rings. The van der Waals surface area contributed by atoms with Crippen molar-refractivity contribution in [2.75, 3.05) is 11.1 Å². The van der Waals surface area contributed by atoms with E-state index in [-0.39, 0.29) is 17.5 Å². The molecule has 0 saturated heterocycles. The molecule has 1 aliphatic carbocycles. The first-order chi connectivity index (χ1) is 16.6. The molecule has 0 saturated carbocycles. The van der Waals surface area contributed by atoms with E-state index >= 15 is 0 Å². The summed E-state index contributed by atoms with van der Waals surface area (Å²) in [7, 11) is 0. The number of amides is 1. The molecular weight excluding hydrogens is 469 g/mol. The number of rotatable bonds is 6. The second-order valence-corrected chi connectivity index (χ2v) is 9.90. The van der Waals surface area contributed by atoms with Gasteiger partial charge in [-0.2, -0.15) is 5.26 Å². The molecule has 0 spiro atoms. The highest BCUT2D eigenvalue weighted by atomic mass is 32.2. The van der Waals surface area contributed by atoms with Gasteiger partial charge in [0.2, 0.25) is 5.91 Å². The number of thiophene rings is 1. The molecule has 5 rings (SSSR count). The molecule has 6 nitrogen and oxygen atoms in total. The van der Waals surface area contributed by atoms with Gasteiger partial charge < -0.3 is 5.32 Å². The highest BCUT2D eigenvalue weighted by Crippen LogP contribution is 2.38. The molecule has 0 unspecified atom stereocenters. The first-order valence-electron chi connectivity index (χ1n) is 10.9. The molecule has 1 amide bonds. The van der Waals surface area contributed by atoms with Gasteiger partial charge in [-0.3, -0.25) is 9.36 Å². The Morgan fingerprint density at radius 2 is 1.88 bits per heavy atom. The molecule has 2 aromatic heterocycles. The summed E-state index contributed by atoms with van der Waals surface area (Å²) in [4.78, 5) is 14.0. The number of halogens is 1. The molecule has 0 bridgehead atoms. The van der Waals surface area contributed by atoms with Gasteiger partial charge in [0.1, 0.15) is 16.9 Å². The number of anilines is 1. The van der Waals surface area contributed by atoms with Crippen LogP contribution in [-0.4, -0.2) is 26.4 Å². The minimum atomic E-state index is -0.335. The van der Waals surface area contributed by atoms with Crippen LogP contribution in [0.5, 0.6) is 0 Å². The third-order valence-electron chi connectivity index (χ3n) is 5.62. The molecule has 0 fully saturated rings. The molecule has 0 radical (unpaired) electrons. The number of nitrogens with zero attached hydrogens (tertiary/aromatic N) is 4. The number of thioether (sulfide) groups is 1. The van der Waals surface area contributed by atoms with E-state index in [1.807, 2.05) is 34.9 Å². The maximum absolute atomic E-state index is 13.5. The second kappa shape index (κ2) is 9.79. The van der Waals surface area contributed by atoms with Gasteiger partial charge in [0.25, 0.3) is 0 Å². The number of hydrogen-bond donors (Lipinski definition) is 1. The zero-order valence-electron chi connectivity index (χ0n) is 18.1. The summed E-state index contributed by atoms with van der Waals surface area (Å²) in [5, 5.41) is 22.4. The number of carbonyl (C=O) groups excluding carboxylic acids is 1. The summed E-state index contributed by atoms with van der Waals surface area (Å²) in [6, 6.07) is 17.9. The normalized spacial score (nSPS) is 12.7. The van der Waals surface area contributed by atoms with E-state index in [1.54, 1.807) is 12.1 Å². The van der Waals surface area contributed by atoms with E-state index in [0.29, 0.717) is 27.2 Å². The van der Waals surface area contributed by atoms with Crippen LogP contribution in [0.25, 0.3) is 17.1 Å². The molecule has 0 atom stereocenters. The van der Waals surface area contributed by atoms with Crippen LogP contribution in [0.4, 0.5) is 9.39 Å². The molecule has 1 aliphatic rings. The van der Waals surface area contributed by atoms with Crippen molar-refractivity contribution in [1.82, 2.24) is 14.8 Å². The van der Waals surface area contributed by atoms with Gasteiger partial charge in [-0.15, -0.1) is 21.5 Å². The first kappa shape index (κ1) is 22.3. The van der Waals surface area contributed by atoms with Crippen molar-refractivity contribution < 1.29 is 9.18 Å². The van der Waals surface area contributed by atoms with Crippen molar-refractivity contribution in [3.05, 3.63) is 76.4 Å². The Balaban J connectivity index is 1.38. The summed E-state index contributed by atoms with van der Waals surface area (Å²) in [6.45, 7) is 0. The minimum Gasteiger partial charge on any atom is -0.316 e. The second-order valence-electron chi connectivity index (χ2n) is 7.85. The minimum absolute atomic E-state index is 0.0988. The lowest BCUT2D eigenvalue weighted by Crippen LogP contribution is -2.14. The predicted molar refractivity (Wildman–Crippen MR) is 132 cm³/mol. The summed E-state index contributed by atoms with van der Waals surface area (Å²) in [5.41, 5.74) is 3.24. The van der Waals surface area contributed by atoms with E-state index in [2.05, 4.69) is 21.6 Å². The average Bonchev–Trinajstić information content (AvgIpc) is 3.44. The van der Waals surface area contributed by atoms with Crippen LogP contribution in [0.1, 0.15) is 28.8 Å². The lowest BCUT2D eigenvalue weighted by atomic mass is 9.96. The molecule has 170 valence electrons. The number of fused-ring (bicyclic) bond motifs is 1. The van der Waals surface area contributed by atoms with Gasteiger partial charge in [0.05, 0.1) is 11.3 Å². The Morgan fingerprint density at radius 3 is 2.65 bits per heavy atom. The van der Waals surface area contributed by atoms with Crippen LogP contribution in [0.15, 0.2) is 59.8 Å². The first-order valence-corrected chi connectivity index (χ1v) is 12.7. The van der Waals surface area contributed by atoms with Crippen molar-refractivity contribution in [2.24, 2.45) is 0 Å². The predicted octanol–water partition coefficient (Wildman–Crippen LogP) is 5.62. The quantitative estimate of drug-likeness (QED) is 0.356. The van der Waals surface area contributed by atoms with Gasteiger partial charge in [0.15, 0.2) is 11.0 Å². The SMILES string of the molecule is N#Cc1c(NC(=O)CSc2nnc(-c3ccccc3)n2-c2ccc(F)cc2)sc2c1CCCC2. The van der Waals surface area contributed by atoms with E-state index in [1.165, 1.54) is 40.1 Å². The van der Waals surface area contributed by atoms with Crippen LogP contribution in [0.3, 0.4) is 0 Å². The Bertz CT molecular complexity index is 1370. The number of aromatic nitrogens is 3. The Labute approximate surface area is 204 Å². The van der Waals surface area contributed by atoms with Gasteiger partial charge in [0, 0.05) is 16.1 Å². The molecule has 2 heterocycles. The topological polar surface area (TPSA) is 83.6 Å². The maximum Gasteiger partial charge on any atom is 0.235 e. The summed E-state index contributed by atoms with van der Waals surface area (Å²) in [6.07, 6.45) is 4.04. The van der Waals surface area contributed by atoms with Crippen LogP contribution in [-0.2, 0) is 17.6 Å². The third kappa shape index (κ3) is 4.47. The number of nitriles is 1. The van der Waals surface area contributed by atoms with E-state index in [9.17, 15) is 14.4 Å². The summed E-state index contributed by atoms with van der Waals surface area (Å²) < 4.78 is 15.4. The van der Waals surface area contributed by atoms with Crippen LogP contribution < -0.4 is 5.32 Å². The van der Waals surface area contributed by atoms with Gasteiger partial charge >= 0.3 is 0 Å². The van der Waals surface area contributed by atoms with Crippen molar-refractivity contribution in [1.29, 1.82) is 5.26 Å². The van der Waals surface area contributed by atoms with Crippen LogP contribution in [0.2, 0.25) is 0 Å². The zero-order chi connectivity index (χ0) is 23.5. The van der Waals surface area contributed by atoms with Crippen molar-refractivity contribution >= 4 is 34.0 Å². The van der Waals surface area contributed by atoms with Gasteiger partial charge in [-0.25, -0.2) is 4.39 Å². The molecule has 1 N–H and O–H groups in total. The highest BCUT2D eigenvalue weighted by Gasteiger charge is 2.22. The number of hydrogen-bond acceptors (Lipinski definition) is 6. The number of carbonyl (C=O) groups is 1. The maximum atomic E-state index is 13.5. The zero-order valence-corrected chi connectivity index (χ0v) is 19.8. The molecule has 9 heteroatoms. The fourth-order valence-electron chi connectivity index (χ4n) is 4.03. The fourth-order valence-corrected chi connectivity index (χ4v) is 6.03. The van der Waals surface area contributed by atoms with Gasteiger partial charge in [-0.1, -0.05) is 42.1 Å². The standard InChI is InChI=1S/C25H20FN5OS2/c26-17-10-12-18(13-11-17)31-23(16-6-2-1-3-7-16)29-30-25(31)33-15-22(32)28-24-20(14-27)19-8-4-5-9-21(19)34-24/h1-3,6-7,10-13H,4-5,8-9,15H2,(H,28,32). The third-order valence-corrected chi connectivity index (χ3v) is 7.75. The van der Waals surface area contributed by atoms with Gasteiger partial charge in [-0.05, 0) is 55.5 Å².